The van der Waals surface area contributed by atoms with Gasteiger partial charge in [-0.1, -0.05) is 36.4 Å². The summed E-state index contributed by atoms with van der Waals surface area (Å²) in [5.41, 5.74) is 3.72. The van der Waals surface area contributed by atoms with Crippen LogP contribution in [0, 0.1) is 5.82 Å². The van der Waals surface area contributed by atoms with Gasteiger partial charge in [-0.3, -0.25) is 19.3 Å². The summed E-state index contributed by atoms with van der Waals surface area (Å²) in [6.45, 7) is 0. The Morgan fingerprint density at radius 1 is 1.00 bits per heavy atom. The molecule has 3 aromatic rings. The molecule has 1 aliphatic heterocycles. The highest BCUT2D eigenvalue weighted by molar-refractivity contribution is 6.06. The normalized spacial score (nSPS) is 18.7. The van der Waals surface area contributed by atoms with E-state index >= 15 is 0 Å². The standard InChI is InChI=1S/C30H27FN2O5/c1-38-22-11-9-18(10-12-22)30-29-24(16-20(17-26(29)34)19-5-4-6-21(31)15-19)32-23-7-2-3-8-25(23)33(30)27(35)13-14-28(36)37/h2-12,15,20,30,32H,13-14,16-17H2,1H3,(H,36,37)/t20-,30+/m0/s1. The van der Waals surface area contributed by atoms with Gasteiger partial charge in [-0.15, -0.1) is 0 Å². The molecule has 2 N–H and O–H groups in total. The summed E-state index contributed by atoms with van der Waals surface area (Å²) in [6.07, 6.45) is 0.0492. The number of ketones is 1. The van der Waals surface area contributed by atoms with Gasteiger partial charge in [0.2, 0.25) is 5.91 Å². The minimum atomic E-state index is -1.08. The number of carboxylic acid groups (broad SMARTS) is 1. The van der Waals surface area contributed by atoms with E-state index in [4.69, 9.17) is 4.74 Å². The Morgan fingerprint density at radius 2 is 1.76 bits per heavy atom. The average molecular weight is 515 g/mol. The van der Waals surface area contributed by atoms with Crippen molar-refractivity contribution in [2.45, 2.75) is 37.6 Å². The van der Waals surface area contributed by atoms with E-state index in [0.29, 0.717) is 40.4 Å². The van der Waals surface area contributed by atoms with E-state index in [1.165, 1.54) is 17.0 Å². The van der Waals surface area contributed by atoms with E-state index in [2.05, 4.69) is 5.32 Å². The van der Waals surface area contributed by atoms with Gasteiger partial charge in [0, 0.05) is 24.1 Å². The molecule has 1 amide bonds. The average Bonchev–Trinajstić information content (AvgIpc) is 3.06. The van der Waals surface area contributed by atoms with Crippen LogP contribution in [0.15, 0.2) is 84.1 Å². The third-order valence-electron chi connectivity index (χ3n) is 7.06. The summed E-state index contributed by atoms with van der Waals surface area (Å²) in [5, 5.41) is 12.7. The summed E-state index contributed by atoms with van der Waals surface area (Å²) in [6, 6.07) is 19.9. The number of benzene rings is 3. The monoisotopic (exact) mass is 514 g/mol. The minimum Gasteiger partial charge on any atom is -0.497 e. The highest BCUT2D eigenvalue weighted by atomic mass is 19.1. The zero-order valence-corrected chi connectivity index (χ0v) is 20.8. The number of nitrogens with one attached hydrogen (secondary N) is 1. The van der Waals surface area contributed by atoms with E-state index in [1.807, 2.05) is 30.3 Å². The van der Waals surface area contributed by atoms with E-state index < -0.39 is 17.9 Å². The number of carbonyl (C=O) groups excluding carboxylic acids is 2. The van der Waals surface area contributed by atoms with Crippen LogP contribution in [-0.4, -0.2) is 29.9 Å². The molecule has 1 heterocycles. The van der Waals surface area contributed by atoms with Crippen molar-refractivity contribution in [3.8, 4) is 5.75 Å². The first-order valence-corrected chi connectivity index (χ1v) is 12.4. The number of aliphatic carboxylic acids is 1. The Bertz CT molecular complexity index is 1430. The number of amides is 1. The number of para-hydroxylation sites is 2. The van der Waals surface area contributed by atoms with Crippen LogP contribution in [0.25, 0.3) is 0 Å². The largest absolute Gasteiger partial charge is 0.497 e. The molecule has 194 valence electrons. The quantitative estimate of drug-likeness (QED) is 0.445. The molecule has 2 aliphatic rings. The van der Waals surface area contributed by atoms with Crippen LogP contribution in [-0.2, 0) is 14.4 Å². The molecule has 0 unspecified atom stereocenters. The molecule has 0 saturated carbocycles. The molecule has 3 aromatic carbocycles. The van der Waals surface area contributed by atoms with Gasteiger partial charge in [-0.25, -0.2) is 4.39 Å². The maximum Gasteiger partial charge on any atom is 0.303 e. The maximum absolute atomic E-state index is 14.0. The lowest BCUT2D eigenvalue weighted by Gasteiger charge is -2.35. The summed E-state index contributed by atoms with van der Waals surface area (Å²) < 4.78 is 19.3. The van der Waals surface area contributed by atoms with Crippen molar-refractivity contribution in [2.24, 2.45) is 0 Å². The van der Waals surface area contributed by atoms with Crippen molar-refractivity contribution >= 4 is 29.0 Å². The number of carbonyl (C=O) groups is 3. The summed E-state index contributed by atoms with van der Waals surface area (Å²) in [4.78, 5) is 40.4. The Balaban J connectivity index is 1.68. The molecule has 38 heavy (non-hydrogen) atoms. The summed E-state index contributed by atoms with van der Waals surface area (Å²) >= 11 is 0. The third-order valence-corrected chi connectivity index (χ3v) is 7.06. The van der Waals surface area contributed by atoms with Gasteiger partial charge in [-0.05, 0) is 59.9 Å². The fraction of sp³-hybridized carbons (Fsp3) is 0.233. The number of allylic oxidation sites excluding steroid dienone is 1. The van der Waals surface area contributed by atoms with Gasteiger partial charge >= 0.3 is 5.97 Å². The van der Waals surface area contributed by atoms with Gasteiger partial charge in [0.15, 0.2) is 5.78 Å². The third kappa shape index (κ3) is 4.89. The van der Waals surface area contributed by atoms with E-state index in [1.54, 1.807) is 37.4 Å². The van der Waals surface area contributed by atoms with Crippen molar-refractivity contribution in [3.63, 3.8) is 0 Å². The van der Waals surface area contributed by atoms with Crippen LogP contribution in [0.4, 0.5) is 15.8 Å². The molecule has 0 spiro atoms. The fourth-order valence-corrected chi connectivity index (χ4v) is 5.30. The molecule has 1 aliphatic carbocycles. The van der Waals surface area contributed by atoms with Gasteiger partial charge in [0.05, 0.1) is 30.9 Å². The van der Waals surface area contributed by atoms with Crippen molar-refractivity contribution in [1.29, 1.82) is 0 Å². The number of Topliss-reactive ketones (excluding diaryl/α,β-unsaturated/α-hetero) is 1. The predicted molar refractivity (Wildman–Crippen MR) is 141 cm³/mol. The first kappa shape index (κ1) is 25.2. The zero-order valence-electron chi connectivity index (χ0n) is 20.8. The van der Waals surface area contributed by atoms with Crippen molar-refractivity contribution in [1.82, 2.24) is 0 Å². The number of rotatable bonds is 6. The lowest BCUT2D eigenvalue weighted by Crippen LogP contribution is -2.38. The number of anilines is 2. The van der Waals surface area contributed by atoms with Crippen LogP contribution in [0.2, 0.25) is 0 Å². The van der Waals surface area contributed by atoms with Crippen LogP contribution in [0.1, 0.15) is 48.8 Å². The van der Waals surface area contributed by atoms with Gasteiger partial charge in [-0.2, -0.15) is 0 Å². The number of ether oxygens (including phenoxy) is 1. The predicted octanol–water partition coefficient (Wildman–Crippen LogP) is 5.60. The van der Waals surface area contributed by atoms with Crippen molar-refractivity contribution in [2.75, 3.05) is 17.3 Å². The molecule has 8 heteroatoms. The Hall–Kier alpha value is -4.46. The number of hydrogen-bond acceptors (Lipinski definition) is 5. The van der Waals surface area contributed by atoms with Crippen LogP contribution < -0.4 is 15.0 Å². The van der Waals surface area contributed by atoms with Crippen LogP contribution in [0.5, 0.6) is 5.75 Å². The molecule has 0 bridgehead atoms. The fourth-order valence-electron chi connectivity index (χ4n) is 5.30. The van der Waals surface area contributed by atoms with Crippen molar-refractivity contribution < 1.29 is 28.6 Å². The molecule has 2 atom stereocenters. The molecular formula is C30H27FN2O5. The maximum atomic E-state index is 14.0. The van der Waals surface area contributed by atoms with Crippen LogP contribution >= 0.6 is 0 Å². The Kier molecular flexibility index (Phi) is 6.96. The topological polar surface area (TPSA) is 95.9 Å². The zero-order chi connectivity index (χ0) is 26.8. The minimum absolute atomic E-state index is 0.155. The smallest absolute Gasteiger partial charge is 0.303 e. The number of fused-ring (bicyclic) bond motifs is 1. The lowest BCUT2D eigenvalue weighted by atomic mass is 9.78. The molecular weight excluding hydrogens is 487 g/mol. The lowest BCUT2D eigenvalue weighted by molar-refractivity contribution is -0.138. The second-order valence-corrected chi connectivity index (χ2v) is 9.45. The number of halogens is 1. The number of nitrogens with zero attached hydrogens (tertiary/aromatic N) is 1. The SMILES string of the molecule is COc1ccc([C@@H]2C3=C(C[C@H](c4cccc(F)c4)CC3=O)Nc3ccccc3N2C(=O)CCC(=O)O)cc1. The molecule has 0 radical (unpaired) electrons. The molecule has 5 rings (SSSR count). The van der Waals surface area contributed by atoms with Crippen LogP contribution in [0.3, 0.4) is 0 Å². The molecule has 0 saturated heterocycles. The molecule has 0 fully saturated rings. The van der Waals surface area contributed by atoms with Crippen molar-refractivity contribution in [3.05, 3.63) is 101 Å². The summed E-state index contributed by atoms with van der Waals surface area (Å²) in [5.74, 6) is -1.61. The van der Waals surface area contributed by atoms with Gasteiger partial charge < -0.3 is 15.2 Å². The number of methoxy groups -OCH3 is 1. The second-order valence-electron chi connectivity index (χ2n) is 9.45. The van der Waals surface area contributed by atoms with E-state index in [9.17, 15) is 23.9 Å². The Morgan fingerprint density at radius 3 is 2.47 bits per heavy atom. The van der Waals surface area contributed by atoms with E-state index in [-0.39, 0.29) is 36.8 Å². The highest BCUT2D eigenvalue weighted by Gasteiger charge is 2.41. The first-order chi connectivity index (χ1) is 18.4. The number of carboxylic acids is 1. The van der Waals surface area contributed by atoms with Gasteiger partial charge in [0.25, 0.3) is 0 Å². The Labute approximate surface area is 219 Å². The number of hydrogen-bond donors (Lipinski definition) is 2. The molecule has 0 aromatic heterocycles. The highest BCUT2D eigenvalue weighted by Crippen LogP contribution is 2.47. The second kappa shape index (κ2) is 10.5. The first-order valence-electron chi connectivity index (χ1n) is 12.4. The summed E-state index contributed by atoms with van der Waals surface area (Å²) in [7, 11) is 1.56. The van der Waals surface area contributed by atoms with E-state index in [0.717, 1.165) is 5.56 Å². The molecule has 7 nitrogen and oxygen atoms in total. The van der Waals surface area contributed by atoms with Gasteiger partial charge in [0.1, 0.15) is 11.6 Å².